The second-order valence-electron chi connectivity index (χ2n) is 5.56. The molecule has 106 valence electrons. The van der Waals surface area contributed by atoms with E-state index in [1.807, 2.05) is 39.3 Å². The van der Waals surface area contributed by atoms with Gasteiger partial charge >= 0.3 is 6.09 Å². The van der Waals surface area contributed by atoms with Gasteiger partial charge in [0.15, 0.2) is 8.32 Å². The molecule has 0 aromatic heterocycles. The van der Waals surface area contributed by atoms with E-state index in [0.717, 1.165) is 0 Å². The maximum absolute atomic E-state index is 11.6. The number of hydrogen-bond acceptors (Lipinski definition) is 4. The summed E-state index contributed by atoms with van der Waals surface area (Å²) in [7, 11) is -2.17. The molecule has 0 aromatic rings. The normalized spacial score (nSPS) is 13.9. The van der Waals surface area contributed by atoms with Gasteiger partial charge in [0.05, 0.1) is 6.54 Å². The Morgan fingerprint density at radius 2 is 1.89 bits per heavy atom. The second kappa shape index (κ2) is 6.16. The molecule has 0 aliphatic carbocycles. The highest BCUT2D eigenvalue weighted by Crippen LogP contribution is 2.37. The van der Waals surface area contributed by atoms with Crippen LogP contribution in [0.2, 0.25) is 18.1 Å². The van der Waals surface area contributed by atoms with Crippen molar-refractivity contribution >= 4 is 20.3 Å². The van der Waals surface area contributed by atoms with Crippen LogP contribution in [-0.2, 0) is 9.22 Å². The molecule has 5 N–H and O–H groups in total. The predicted molar refractivity (Wildman–Crippen MR) is 70.4 cm³/mol. The first kappa shape index (κ1) is 16.9. The lowest BCUT2D eigenvalue weighted by molar-refractivity contribution is -0.128. The van der Waals surface area contributed by atoms with Crippen molar-refractivity contribution in [1.29, 1.82) is 0 Å². The highest BCUT2D eigenvalue weighted by Gasteiger charge is 2.40. The standard InChI is InChI=1S/C10H23N3O4Si/c1-10(2,3)18(4,5)17-7(8(14)13-11)6-12-9(15)16/h7,12H,6,11H2,1-5H3,(H,13,14)(H,15,16)/t7-/m0/s1. The van der Waals surface area contributed by atoms with Gasteiger partial charge in [0.1, 0.15) is 6.10 Å². The number of hydrazine groups is 1. The van der Waals surface area contributed by atoms with Crippen molar-refractivity contribution in [2.24, 2.45) is 5.84 Å². The van der Waals surface area contributed by atoms with Crippen LogP contribution < -0.4 is 16.6 Å². The first-order chi connectivity index (χ1) is 8.01. The summed E-state index contributed by atoms with van der Waals surface area (Å²) in [5.41, 5.74) is 1.99. The summed E-state index contributed by atoms with van der Waals surface area (Å²) in [6.07, 6.45) is -2.12. The van der Waals surface area contributed by atoms with Crippen molar-refractivity contribution in [3.05, 3.63) is 0 Å². The molecule has 0 unspecified atom stereocenters. The zero-order chi connectivity index (χ0) is 14.6. The van der Waals surface area contributed by atoms with Gasteiger partial charge in [-0.3, -0.25) is 10.2 Å². The lowest BCUT2D eigenvalue weighted by Gasteiger charge is -2.38. The number of amides is 2. The van der Waals surface area contributed by atoms with E-state index in [4.69, 9.17) is 15.4 Å². The van der Waals surface area contributed by atoms with Crippen LogP contribution in [0, 0.1) is 0 Å². The van der Waals surface area contributed by atoms with Crippen LogP contribution in [0.1, 0.15) is 20.8 Å². The van der Waals surface area contributed by atoms with Crippen LogP contribution >= 0.6 is 0 Å². The van der Waals surface area contributed by atoms with Crippen LogP contribution in [0.25, 0.3) is 0 Å². The summed E-state index contributed by atoms with van der Waals surface area (Å²) in [5.74, 6) is 4.53. The van der Waals surface area contributed by atoms with Crippen LogP contribution in [0.15, 0.2) is 0 Å². The molecule has 0 saturated heterocycles. The predicted octanol–water partition coefficient (Wildman–Crippen LogP) is 0.634. The van der Waals surface area contributed by atoms with Crippen molar-refractivity contribution in [3.8, 4) is 0 Å². The number of carbonyl (C=O) groups excluding carboxylic acids is 1. The zero-order valence-corrected chi connectivity index (χ0v) is 12.5. The monoisotopic (exact) mass is 277 g/mol. The molecule has 0 aliphatic heterocycles. The van der Waals surface area contributed by atoms with E-state index >= 15 is 0 Å². The van der Waals surface area contributed by atoms with Gasteiger partial charge in [-0.1, -0.05) is 20.8 Å². The van der Waals surface area contributed by atoms with Gasteiger partial charge in [0, 0.05) is 0 Å². The van der Waals surface area contributed by atoms with Crippen molar-refractivity contribution in [3.63, 3.8) is 0 Å². The maximum atomic E-state index is 11.6. The van der Waals surface area contributed by atoms with Gasteiger partial charge in [-0.2, -0.15) is 0 Å². The molecule has 0 aromatic carbocycles. The Morgan fingerprint density at radius 1 is 1.39 bits per heavy atom. The van der Waals surface area contributed by atoms with E-state index in [2.05, 4.69) is 5.32 Å². The summed E-state index contributed by atoms with van der Waals surface area (Å²) in [4.78, 5) is 22.0. The molecule has 0 bridgehead atoms. The molecule has 8 heteroatoms. The first-order valence-electron chi connectivity index (χ1n) is 5.66. The Labute approximate surface area is 108 Å². The van der Waals surface area contributed by atoms with E-state index in [0.29, 0.717) is 0 Å². The summed E-state index contributed by atoms with van der Waals surface area (Å²) >= 11 is 0. The van der Waals surface area contributed by atoms with Gasteiger partial charge in [-0.15, -0.1) is 0 Å². The van der Waals surface area contributed by atoms with Gasteiger partial charge in [-0.25, -0.2) is 10.6 Å². The third-order valence-corrected chi connectivity index (χ3v) is 7.60. The Kier molecular flexibility index (Phi) is 5.78. The molecule has 0 radical (unpaired) electrons. The molecule has 18 heavy (non-hydrogen) atoms. The van der Waals surface area contributed by atoms with Crippen molar-refractivity contribution in [2.45, 2.75) is 45.0 Å². The van der Waals surface area contributed by atoms with E-state index in [1.165, 1.54) is 0 Å². The van der Waals surface area contributed by atoms with Crippen molar-refractivity contribution < 1.29 is 19.1 Å². The molecule has 1 atom stereocenters. The van der Waals surface area contributed by atoms with Crippen LogP contribution in [-0.4, -0.2) is 38.1 Å². The summed E-state index contributed by atoms with van der Waals surface area (Å²) < 4.78 is 5.83. The number of hydrogen-bond donors (Lipinski definition) is 4. The largest absolute Gasteiger partial charge is 0.465 e. The fourth-order valence-electron chi connectivity index (χ4n) is 0.993. The average molecular weight is 277 g/mol. The van der Waals surface area contributed by atoms with Gasteiger partial charge < -0.3 is 14.8 Å². The molecule has 0 fully saturated rings. The summed E-state index contributed by atoms with van der Waals surface area (Å²) in [6.45, 7) is 9.92. The van der Waals surface area contributed by atoms with Gasteiger partial charge in [-0.05, 0) is 18.1 Å². The fraction of sp³-hybridized carbons (Fsp3) is 0.800. The van der Waals surface area contributed by atoms with Crippen molar-refractivity contribution in [2.75, 3.05) is 6.54 Å². The number of nitrogens with two attached hydrogens (primary N) is 1. The quantitative estimate of drug-likeness (QED) is 0.255. The topological polar surface area (TPSA) is 114 Å². The fourth-order valence-corrected chi connectivity index (χ4v) is 2.25. The molecule has 7 nitrogen and oxygen atoms in total. The third kappa shape index (κ3) is 5.03. The van der Waals surface area contributed by atoms with Gasteiger partial charge in [0.2, 0.25) is 0 Å². The molecular weight excluding hydrogens is 254 g/mol. The van der Waals surface area contributed by atoms with Crippen LogP contribution in [0.3, 0.4) is 0 Å². The summed E-state index contributed by atoms with van der Waals surface area (Å²) in [6, 6.07) is 0. The SMILES string of the molecule is CC(C)(C)[Si](C)(C)O[C@@H](CNC(=O)O)C(=O)NN. The zero-order valence-electron chi connectivity index (χ0n) is 11.5. The number of nitrogens with one attached hydrogen (secondary N) is 2. The van der Waals surface area contributed by atoms with Crippen LogP contribution in [0.5, 0.6) is 0 Å². The van der Waals surface area contributed by atoms with Crippen LogP contribution in [0.4, 0.5) is 4.79 Å². The number of rotatable bonds is 5. The van der Waals surface area contributed by atoms with E-state index in [9.17, 15) is 9.59 Å². The minimum atomic E-state index is -2.17. The lowest BCUT2D eigenvalue weighted by Crippen LogP contribution is -2.53. The first-order valence-corrected chi connectivity index (χ1v) is 8.57. The molecule has 2 amide bonds. The average Bonchev–Trinajstić information content (AvgIpc) is 2.21. The Morgan fingerprint density at radius 3 is 2.22 bits per heavy atom. The van der Waals surface area contributed by atoms with E-state index < -0.39 is 26.4 Å². The summed E-state index contributed by atoms with van der Waals surface area (Å²) in [5, 5.41) is 10.6. The Bertz CT molecular complexity index is 315. The lowest BCUT2D eigenvalue weighted by atomic mass is 10.2. The molecule has 0 saturated carbocycles. The van der Waals surface area contributed by atoms with Gasteiger partial charge in [0.25, 0.3) is 5.91 Å². The minimum absolute atomic E-state index is 0.0800. The molecular formula is C10H23N3O4Si. The molecule has 0 aliphatic rings. The Hall–Kier alpha value is -1.12. The number of carbonyl (C=O) groups is 2. The van der Waals surface area contributed by atoms with Crippen molar-refractivity contribution in [1.82, 2.24) is 10.7 Å². The minimum Gasteiger partial charge on any atom is -0.465 e. The molecule has 0 rings (SSSR count). The third-order valence-electron chi connectivity index (χ3n) is 3.12. The highest BCUT2D eigenvalue weighted by atomic mass is 28.4. The molecule has 0 spiro atoms. The maximum Gasteiger partial charge on any atom is 0.404 e. The van der Waals surface area contributed by atoms with E-state index in [-0.39, 0.29) is 11.6 Å². The molecule has 0 heterocycles. The smallest absolute Gasteiger partial charge is 0.404 e. The second-order valence-corrected chi connectivity index (χ2v) is 10.3. The highest BCUT2D eigenvalue weighted by molar-refractivity contribution is 6.74. The Balaban J connectivity index is 4.79. The number of carboxylic acid groups (broad SMARTS) is 1. The van der Waals surface area contributed by atoms with E-state index in [1.54, 1.807) is 0 Å².